The zero-order chi connectivity index (χ0) is 20.8. The zero-order valence-electron chi connectivity index (χ0n) is 16.6. The summed E-state index contributed by atoms with van der Waals surface area (Å²) in [6, 6.07) is 0. The molecule has 1 fully saturated rings. The molecular formula is C22H34O6. The minimum absolute atomic E-state index is 0.0606. The molecule has 1 saturated heterocycles. The number of aliphatic carboxylic acids is 1. The lowest BCUT2D eigenvalue weighted by atomic mass is 10.0. The Morgan fingerprint density at radius 1 is 1.11 bits per heavy atom. The number of hydrogen-bond donors (Lipinski definition) is 4. The van der Waals surface area contributed by atoms with Crippen molar-refractivity contribution in [3.8, 4) is 0 Å². The zero-order valence-corrected chi connectivity index (χ0v) is 16.6. The Balaban J connectivity index is 2.34. The van der Waals surface area contributed by atoms with E-state index in [4.69, 9.17) is 9.84 Å². The van der Waals surface area contributed by atoms with Crippen LogP contribution in [0.2, 0.25) is 0 Å². The molecule has 1 heterocycles. The maximum Gasteiger partial charge on any atom is 0.303 e. The van der Waals surface area contributed by atoms with E-state index in [0.717, 1.165) is 12.8 Å². The molecule has 6 nitrogen and oxygen atoms in total. The molecule has 0 aromatic rings. The summed E-state index contributed by atoms with van der Waals surface area (Å²) in [4.78, 5) is 10.4. The minimum atomic E-state index is -0.854. The Morgan fingerprint density at radius 2 is 1.82 bits per heavy atom. The van der Waals surface area contributed by atoms with Gasteiger partial charge in [0, 0.05) is 12.8 Å². The lowest BCUT2D eigenvalue weighted by Crippen LogP contribution is -2.25. The Hall–Kier alpha value is -1.73. The van der Waals surface area contributed by atoms with Gasteiger partial charge in [0.25, 0.3) is 0 Å². The van der Waals surface area contributed by atoms with Gasteiger partial charge in [-0.1, -0.05) is 55.5 Å². The molecular weight excluding hydrogens is 360 g/mol. The second kappa shape index (κ2) is 14.3. The predicted molar refractivity (Wildman–Crippen MR) is 109 cm³/mol. The Bertz CT molecular complexity index is 551. The van der Waals surface area contributed by atoms with Crippen LogP contribution in [0.5, 0.6) is 0 Å². The van der Waals surface area contributed by atoms with Crippen molar-refractivity contribution < 1.29 is 30.0 Å². The standard InChI is InChI=1S/C22H34O6/c1-2-3-4-5-6-8-11-17(23)14-15-20-19(25)16-21(28-20)18(24)12-9-7-10-13-22(26)27/h3-4,6-9,14-15,17-21,23-25H,2,5,10-13,16H2,1H3,(H,26,27)/b4-3-,8-6-,9-7-,15-14+/t17-,18+,19+,20+,21+/m0/s1. The van der Waals surface area contributed by atoms with Crippen molar-refractivity contribution in [1.82, 2.24) is 0 Å². The van der Waals surface area contributed by atoms with Crippen molar-refractivity contribution in [2.75, 3.05) is 0 Å². The van der Waals surface area contributed by atoms with Crippen molar-refractivity contribution in [3.63, 3.8) is 0 Å². The molecule has 0 amide bonds. The molecule has 158 valence electrons. The van der Waals surface area contributed by atoms with E-state index in [1.54, 1.807) is 24.3 Å². The molecule has 0 aliphatic carbocycles. The number of rotatable bonds is 13. The van der Waals surface area contributed by atoms with E-state index in [1.165, 1.54) is 0 Å². The van der Waals surface area contributed by atoms with E-state index in [2.05, 4.69) is 19.1 Å². The van der Waals surface area contributed by atoms with Gasteiger partial charge < -0.3 is 25.2 Å². The largest absolute Gasteiger partial charge is 0.481 e. The Morgan fingerprint density at radius 3 is 2.54 bits per heavy atom. The number of ether oxygens (including phenoxy) is 1. The van der Waals surface area contributed by atoms with E-state index in [0.29, 0.717) is 25.7 Å². The molecule has 0 bridgehead atoms. The van der Waals surface area contributed by atoms with Gasteiger partial charge in [-0.15, -0.1) is 0 Å². The summed E-state index contributed by atoms with van der Waals surface area (Å²) in [6.45, 7) is 2.08. The van der Waals surface area contributed by atoms with E-state index >= 15 is 0 Å². The molecule has 1 aliphatic rings. The van der Waals surface area contributed by atoms with Gasteiger partial charge in [-0.25, -0.2) is 0 Å². The lowest BCUT2D eigenvalue weighted by molar-refractivity contribution is -0.136. The van der Waals surface area contributed by atoms with Crippen molar-refractivity contribution in [2.24, 2.45) is 0 Å². The highest BCUT2D eigenvalue weighted by molar-refractivity contribution is 5.66. The summed E-state index contributed by atoms with van der Waals surface area (Å²) in [5.74, 6) is -0.854. The summed E-state index contributed by atoms with van der Waals surface area (Å²) in [5.41, 5.74) is 0. The maximum atomic E-state index is 10.4. The number of aliphatic hydroxyl groups is 3. The summed E-state index contributed by atoms with van der Waals surface area (Å²) in [5, 5.41) is 38.9. The minimum Gasteiger partial charge on any atom is -0.481 e. The lowest BCUT2D eigenvalue weighted by Gasteiger charge is -2.16. The molecule has 0 saturated carbocycles. The predicted octanol–water partition coefficient (Wildman–Crippen LogP) is 2.90. The van der Waals surface area contributed by atoms with Gasteiger partial charge in [0.1, 0.15) is 6.10 Å². The summed E-state index contributed by atoms with van der Waals surface area (Å²) in [7, 11) is 0. The number of carboxylic acids is 1. The van der Waals surface area contributed by atoms with Crippen LogP contribution in [0, 0.1) is 0 Å². The van der Waals surface area contributed by atoms with E-state index in [1.807, 2.05) is 12.2 Å². The van der Waals surface area contributed by atoms with E-state index in [-0.39, 0.29) is 6.42 Å². The van der Waals surface area contributed by atoms with Crippen molar-refractivity contribution in [3.05, 3.63) is 48.6 Å². The number of allylic oxidation sites excluding steroid dienone is 4. The second-order valence-electron chi connectivity index (χ2n) is 6.92. The number of aliphatic hydroxyl groups excluding tert-OH is 3. The van der Waals surface area contributed by atoms with Crippen LogP contribution in [0.3, 0.4) is 0 Å². The SMILES string of the molecule is CC/C=C\C/C=C\C[C@H](O)/C=C/[C@H]1O[C@@H]([C@H](O)C/C=C\CCC(=O)O)C[C@H]1O. The monoisotopic (exact) mass is 394 g/mol. The van der Waals surface area contributed by atoms with Crippen LogP contribution in [0.1, 0.15) is 51.9 Å². The fourth-order valence-electron chi connectivity index (χ4n) is 2.84. The van der Waals surface area contributed by atoms with Crippen molar-refractivity contribution >= 4 is 5.97 Å². The first-order valence-electron chi connectivity index (χ1n) is 9.98. The highest BCUT2D eigenvalue weighted by Crippen LogP contribution is 2.25. The average molecular weight is 395 g/mol. The van der Waals surface area contributed by atoms with Gasteiger partial charge in [0.2, 0.25) is 0 Å². The summed E-state index contributed by atoms with van der Waals surface area (Å²) >= 11 is 0. The van der Waals surface area contributed by atoms with Gasteiger partial charge in [0.05, 0.1) is 24.4 Å². The molecule has 4 N–H and O–H groups in total. The fraction of sp³-hybridized carbons (Fsp3) is 0.591. The molecule has 1 rings (SSSR count). The van der Waals surface area contributed by atoms with Crippen LogP contribution in [0.25, 0.3) is 0 Å². The summed E-state index contributed by atoms with van der Waals surface area (Å²) < 4.78 is 5.70. The van der Waals surface area contributed by atoms with Gasteiger partial charge in [-0.3, -0.25) is 4.79 Å². The van der Waals surface area contributed by atoms with Crippen LogP contribution in [-0.2, 0) is 9.53 Å². The molecule has 0 unspecified atom stereocenters. The van der Waals surface area contributed by atoms with E-state index < -0.39 is 36.5 Å². The van der Waals surface area contributed by atoms with Crippen LogP contribution in [-0.4, -0.2) is 56.9 Å². The summed E-state index contributed by atoms with van der Waals surface area (Å²) in [6.07, 6.45) is 15.1. The maximum absolute atomic E-state index is 10.4. The first kappa shape index (κ1) is 24.3. The van der Waals surface area contributed by atoms with Crippen LogP contribution >= 0.6 is 0 Å². The normalized spacial score (nSPS) is 25.5. The topological polar surface area (TPSA) is 107 Å². The molecule has 1 aliphatic heterocycles. The first-order chi connectivity index (χ1) is 13.4. The third kappa shape index (κ3) is 10.6. The van der Waals surface area contributed by atoms with Crippen LogP contribution < -0.4 is 0 Å². The smallest absolute Gasteiger partial charge is 0.303 e. The highest BCUT2D eigenvalue weighted by Gasteiger charge is 2.35. The van der Waals surface area contributed by atoms with Gasteiger partial charge in [-0.2, -0.15) is 0 Å². The fourth-order valence-corrected chi connectivity index (χ4v) is 2.84. The third-order valence-electron chi connectivity index (χ3n) is 4.42. The molecule has 0 spiro atoms. The molecule has 0 aromatic carbocycles. The average Bonchev–Trinajstić information content (AvgIpc) is 3.03. The first-order valence-corrected chi connectivity index (χ1v) is 9.98. The number of hydrogen-bond acceptors (Lipinski definition) is 5. The third-order valence-corrected chi connectivity index (χ3v) is 4.42. The van der Waals surface area contributed by atoms with Crippen molar-refractivity contribution in [2.45, 2.75) is 82.4 Å². The highest BCUT2D eigenvalue weighted by atomic mass is 16.5. The molecule has 6 heteroatoms. The van der Waals surface area contributed by atoms with Crippen LogP contribution in [0.15, 0.2) is 48.6 Å². The van der Waals surface area contributed by atoms with Crippen LogP contribution in [0.4, 0.5) is 0 Å². The number of carboxylic acid groups (broad SMARTS) is 1. The van der Waals surface area contributed by atoms with Crippen molar-refractivity contribution in [1.29, 1.82) is 0 Å². The van der Waals surface area contributed by atoms with Gasteiger partial charge in [-0.05, 0) is 32.1 Å². The molecule has 28 heavy (non-hydrogen) atoms. The molecule has 0 aromatic heterocycles. The molecule has 0 radical (unpaired) electrons. The quantitative estimate of drug-likeness (QED) is 0.358. The molecule has 5 atom stereocenters. The Kier molecular flexibility index (Phi) is 12.4. The van der Waals surface area contributed by atoms with Gasteiger partial charge in [0.15, 0.2) is 0 Å². The van der Waals surface area contributed by atoms with E-state index in [9.17, 15) is 20.1 Å². The van der Waals surface area contributed by atoms with Gasteiger partial charge >= 0.3 is 5.97 Å². The second-order valence-corrected chi connectivity index (χ2v) is 6.92. The number of carbonyl (C=O) groups is 1. The Labute approximate surface area is 167 Å².